The minimum atomic E-state index is 0.236. The number of nitrogens with one attached hydrogen (secondary N) is 1. The minimum absolute atomic E-state index is 0.236. The summed E-state index contributed by atoms with van der Waals surface area (Å²) < 4.78 is 5.42. The van der Waals surface area contributed by atoms with Gasteiger partial charge in [-0.15, -0.1) is 0 Å². The van der Waals surface area contributed by atoms with Crippen LogP contribution in [0, 0.1) is 0 Å². The molecule has 0 saturated carbocycles. The monoisotopic (exact) mass is 249 g/mol. The van der Waals surface area contributed by atoms with Crippen molar-refractivity contribution in [2.75, 3.05) is 13.2 Å². The van der Waals surface area contributed by atoms with Crippen LogP contribution in [0.1, 0.15) is 25.3 Å². The molecule has 1 atom stereocenters. The predicted octanol–water partition coefficient (Wildman–Crippen LogP) is 2.50. The maximum Gasteiger partial charge on any atom is 0.119 e. The molecule has 2 N–H and O–H groups in total. The molecule has 0 aliphatic heterocycles. The first-order valence-electron chi connectivity index (χ1n) is 6.47. The number of rotatable bonds is 9. The van der Waals surface area contributed by atoms with Gasteiger partial charge in [0.25, 0.3) is 0 Å². The molecule has 0 heterocycles. The normalized spacial score (nSPS) is 12.1. The van der Waals surface area contributed by atoms with E-state index in [1.807, 2.05) is 12.1 Å². The van der Waals surface area contributed by atoms with Crippen molar-refractivity contribution in [3.8, 4) is 5.75 Å². The highest BCUT2D eigenvalue weighted by atomic mass is 16.5. The van der Waals surface area contributed by atoms with E-state index in [-0.39, 0.29) is 6.61 Å². The minimum Gasteiger partial charge on any atom is -0.490 e. The smallest absolute Gasteiger partial charge is 0.119 e. The third kappa shape index (κ3) is 5.34. The molecule has 0 spiro atoms. The summed E-state index contributed by atoms with van der Waals surface area (Å²) in [5, 5.41) is 12.4. The average Bonchev–Trinajstić information content (AvgIpc) is 2.42. The first-order valence-corrected chi connectivity index (χ1v) is 6.47. The number of hydrogen-bond donors (Lipinski definition) is 2. The Labute approximate surface area is 109 Å². The fourth-order valence-corrected chi connectivity index (χ4v) is 1.73. The van der Waals surface area contributed by atoms with E-state index >= 15 is 0 Å². The van der Waals surface area contributed by atoms with E-state index in [1.54, 1.807) is 6.08 Å². The number of aliphatic hydroxyl groups excluding tert-OH is 1. The van der Waals surface area contributed by atoms with Crippen molar-refractivity contribution < 1.29 is 9.84 Å². The van der Waals surface area contributed by atoms with Crippen LogP contribution in [-0.4, -0.2) is 24.4 Å². The van der Waals surface area contributed by atoms with Gasteiger partial charge in [0.05, 0.1) is 0 Å². The molecule has 0 aliphatic rings. The van der Waals surface area contributed by atoms with Crippen LogP contribution in [0.3, 0.4) is 0 Å². The molecule has 3 heteroatoms. The number of benzene rings is 1. The lowest BCUT2D eigenvalue weighted by molar-refractivity contribution is 0.262. The Morgan fingerprint density at radius 1 is 1.39 bits per heavy atom. The van der Waals surface area contributed by atoms with Gasteiger partial charge in [-0.3, -0.25) is 0 Å². The maximum atomic E-state index is 8.92. The zero-order valence-electron chi connectivity index (χ0n) is 11.1. The molecule has 0 aliphatic carbocycles. The lowest BCUT2D eigenvalue weighted by Crippen LogP contribution is -2.28. The molecule has 1 aromatic rings. The molecule has 18 heavy (non-hydrogen) atoms. The van der Waals surface area contributed by atoms with Crippen molar-refractivity contribution in [3.05, 3.63) is 42.5 Å². The van der Waals surface area contributed by atoms with E-state index in [2.05, 4.69) is 31.0 Å². The van der Waals surface area contributed by atoms with Gasteiger partial charge in [-0.25, -0.2) is 0 Å². The molecular formula is C15H23NO2. The molecule has 0 bridgehead atoms. The molecule has 1 rings (SSSR count). The van der Waals surface area contributed by atoms with Gasteiger partial charge in [-0.2, -0.15) is 0 Å². The highest BCUT2D eigenvalue weighted by molar-refractivity contribution is 5.27. The lowest BCUT2D eigenvalue weighted by atomic mass is 10.1. The fraction of sp³-hybridized carbons (Fsp3) is 0.467. The van der Waals surface area contributed by atoms with Crippen LogP contribution in [0.5, 0.6) is 5.75 Å². The largest absolute Gasteiger partial charge is 0.490 e. The predicted molar refractivity (Wildman–Crippen MR) is 74.8 cm³/mol. The first kappa shape index (κ1) is 14.7. The van der Waals surface area contributed by atoms with Crippen molar-refractivity contribution in [3.63, 3.8) is 0 Å². The summed E-state index contributed by atoms with van der Waals surface area (Å²) in [5.41, 5.74) is 1.22. The molecule has 0 saturated heterocycles. The molecule has 100 valence electrons. The van der Waals surface area contributed by atoms with Crippen molar-refractivity contribution in [1.82, 2.24) is 5.32 Å². The summed E-state index contributed by atoms with van der Waals surface area (Å²) in [6.07, 6.45) is 3.56. The van der Waals surface area contributed by atoms with Crippen molar-refractivity contribution in [2.45, 2.75) is 32.4 Å². The Morgan fingerprint density at radius 3 is 2.67 bits per heavy atom. The van der Waals surface area contributed by atoms with E-state index in [9.17, 15) is 0 Å². The Bertz CT molecular complexity index is 335. The van der Waals surface area contributed by atoms with Gasteiger partial charge in [0.15, 0.2) is 0 Å². The van der Waals surface area contributed by atoms with Crippen molar-refractivity contribution >= 4 is 0 Å². The molecule has 1 unspecified atom stereocenters. The lowest BCUT2D eigenvalue weighted by Gasteiger charge is -2.15. The van der Waals surface area contributed by atoms with E-state index in [0.717, 1.165) is 25.1 Å². The summed E-state index contributed by atoms with van der Waals surface area (Å²) >= 11 is 0. The second-order valence-corrected chi connectivity index (χ2v) is 4.24. The number of aliphatic hydroxyl groups is 1. The number of ether oxygens (including phenoxy) is 1. The van der Waals surface area contributed by atoms with Crippen LogP contribution in [0.25, 0.3) is 0 Å². The highest BCUT2D eigenvalue weighted by Crippen LogP contribution is 2.12. The third-order valence-electron chi connectivity index (χ3n) is 2.86. The SMILES string of the molecule is C=CCOc1ccc(CNC(CC)CCO)cc1. The Morgan fingerprint density at radius 2 is 2.11 bits per heavy atom. The van der Waals surface area contributed by atoms with E-state index < -0.39 is 0 Å². The van der Waals surface area contributed by atoms with E-state index in [0.29, 0.717) is 12.6 Å². The van der Waals surface area contributed by atoms with Gasteiger partial charge >= 0.3 is 0 Å². The van der Waals surface area contributed by atoms with Crippen molar-refractivity contribution in [2.24, 2.45) is 0 Å². The molecule has 0 aromatic heterocycles. The third-order valence-corrected chi connectivity index (χ3v) is 2.86. The summed E-state index contributed by atoms with van der Waals surface area (Å²) in [7, 11) is 0. The standard InChI is InChI=1S/C15H23NO2/c1-3-11-18-15-7-5-13(6-8-15)12-16-14(4-2)9-10-17/h3,5-8,14,16-17H,1,4,9-12H2,2H3. The summed E-state index contributed by atoms with van der Waals surface area (Å²) in [4.78, 5) is 0. The molecule has 0 fully saturated rings. The van der Waals surface area contributed by atoms with Gasteiger partial charge in [-0.1, -0.05) is 31.7 Å². The topological polar surface area (TPSA) is 41.5 Å². The summed E-state index contributed by atoms with van der Waals surface area (Å²) in [6.45, 7) is 7.33. The van der Waals surface area contributed by atoms with E-state index in [1.165, 1.54) is 5.56 Å². The van der Waals surface area contributed by atoms with Crippen molar-refractivity contribution in [1.29, 1.82) is 0 Å². The van der Waals surface area contributed by atoms with Crippen LogP contribution < -0.4 is 10.1 Å². The Kier molecular flexibility index (Phi) is 7.14. The Balaban J connectivity index is 2.40. The summed E-state index contributed by atoms with van der Waals surface area (Å²) in [5.74, 6) is 0.862. The van der Waals surface area contributed by atoms with Crippen LogP contribution in [0.2, 0.25) is 0 Å². The second kappa shape index (κ2) is 8.72. The Hall–Kier alpha value is -1.32. The highest BCUT2D eigenvalue weighted by Gasteiger charge is 2.04. The van der Waals surface area contributed by atoms with Gasteiger partial charge in [0.1, 0.15) is 12.4 Å². The van der Waals surface area contributed by atoms with Gasteiger partial charge < -0.3 is 15.2 Å². The molecule has 1 aromatic carbocycles. The van der Waals surface area contributed by atoms with Gasteiger partial charge in [0, 0.05) is 19.2 Å². The van der Waals surface area contributed by atoms with Crippen LogP contribution in [-0.2, 0) is 6.54 Å². The fourth-order valence-electron chi connectivity index (χ4n) is 1.73. The number of hydrogen-bond acceptors (Lipinski definition) is 3. The van der Waals surface area contributed by atoms with Crippen LogP contribution in [0.15, 0.2) is 36.9 Å². The van der Waals surface area contributed by atoms with Crippen LogP contribution >= 0.6 is 0 Å². The first-order chi connectivity index (χ1) is 8.80. The zero-order valence-corrected chi connectivity index (χ0v) is 11.1. The zero-order chi connectivity index (χ0) is 13.2. The van der Waals surface area contributed by atoms with Gasteiger partial charge in [-0.05, 0) is 30.5 Å². The maximum absolute atomic E-state index is 8.92. The van der Waals surface area contributed by atoms with E-state index in [4.69, 9.17) is 9.84 Å². The summed E-state index contributed by atoms with van der Waals surface area (Å²) in [6, 6.07) is 8.42. The molecule has 3 nitrogen and oxygen atoms in total. The van der Waals surface area contributed by atoms with Crippen LogP contribution in [0.4, 0.5) is 0 Å². The molecular weight excluding hydrogens is 226 g/mol. The average molecular weight is 249 g/mol. The molecule has 0 radical (unpaired) electrons. The quantitative estimate of drug-likeness (QED) is 0.661. The second-order valence-electron chi connectivity index (χ2n) is 4.24. The van der Waals surface area contributed by atoms with Gasteiger partial charge in [0.2, 0.25) is 0 Å². The molecule has 0 amide bonds.